The van der Waals surface area contributed by atoms with Crippen LogP contribution in [0.4, 0.5) is 0 Å². The molecule has 1 amide bonds. The van der Waals surface area contributed by atoms with Gasteiger partial charge in [-0.1, -0.05) is 6.07 Å². The first-order valence-corrected chi connectivity index (χ1v) is 8.70. The molecule has 2 aromatic rings. The minimum atomic E-state index is -0.193. The fourth-order valence-electron chi connectivity index (χ4n) is 2.31. The van der Waals surface area contributed by atoms with Crippen LogP contribution in [0.2, 0.25) is 0 Å². The Hall–Kier alpha value is -3.15. The highest BCUT2D eigenvalue weighted by molar-refractivity contribution is 5.91. The molecule has 0 fully saturated rings. The molecule has 0 heterocycles. The molecule has 1 N–H and O–H groups in total. The van der Waals surface area contributed by atoms with Crippen LogP contribution in [0.5, 0.6) is 23.0 Å². The van der Waals surface area contributed by atoms with Gasteiger partial charge in [0.25, 0.3) is 0 Å². The molecular formula is C21H25NO5. The molecule has 0 atom stereocenters. The molecule has 6 nitrogen and oxygen atoms in total. The lowest BCUT2D eigenvalue weighted by atomic mass is 10.2. The van der Waals surface area contributed by atoms with Gasteiger partial charge in [0, 0.05) is 6.08 Å². The van der Waals surface area contributed by atoms with E-state index in [9.17, 15) is 4.79 Å². The maximum atomic E-state index is 11.9. The number of benzene rings is 2. The maximum absolute atomic E-state index is 11.9. The van der Waals surface area contributed by atoms with Crippen LogP contribution in [0.3, 0.4) is 0 Å². The molecule has 2 aromatic carbocycles. The summed E-state index contributed by atoms with van der Waals surface area (Å²) in [6.45, 7) is 3.26. The van der Waals surface area contributed by atoms with Crippen LogP contribution in [0.25, 0.3) is 6.08 Å². The molecule has 2 rings (SSSR count). The summed E-state index contributed by atoms with van der Waals surface area (Å²) in [5.41, 5.74) is 0.847. The van der Waals surface area contributed by atoms with Gasteiger partial charge in [-0.25, -0.2) is 0 Å². The molecule has 27 heavy (non-hydrogen) atoms. The Bertz CT molecular complexity index is 756. The molecule has 0 bridgehead atoms. The zero-order valence-corrected chi connectivity index (χ0v) is 15.9. The Labute approximate surface area is 159 Å². The number of hydrogen-bond acceptors (Lipinski definition) is 5. The second-order valence-corrected chi connectivity index (χ2v) is 5.49. The van der Waals surface area contributed by atoms with Crippen molar-refractivity contribution < 1.29 is 23.7 Å². The summed E-state index contributed by atoms with van der Waals surface area (Å²) in [5.74, 6) is 2.61. The number of rotatable bonds is 10. The van der Waals surface area contributed by atoms with Crippen LogP contribution >= 0.6 is 0 Å². The minimum Gasteiger partial charge on any atom is -0.497 e. The van der Waals surface area contributed by atoms with E-state index in [1.165, 1.54) is 6.08 Å². The van der Waals surface area contributed by atoms with Crippen molar-refractivity contribution in [1.82, 2.24) is 5.32 Å². The van der Waals surface area contributed by atoms with Crippen molar-refractivity contribution in [2.24, 2.45) is 0 Å². The Morgan fingerprint density at radius 2 is 1.70 bits per heavy atom. The molecule has 0 aromatic heterocycles. The SMILES string of the molecule is CCOc1ccc(/C=C/C(=O)NCCOc2ccc(OC)cc2)cc1OC. The topological polar surface area (TPSA) is 66.0 Å². The van der Waals surface area contributed by atoms with E-state index in [1.807, 2.05) is 49.4 Å². The van der Waals surface area contributed by atoms with E-state index >= 15 is 0 Å². The molecule has 0 aliphatic heterocycles. The number of methoxy groups -OCH3 is 2. The standard InChI is InChI=1S/C21H25NO5/c1-4-26-19-11-5-16(15-20(19)25-3)6-12-21(23)22-13-14-27-18-9-7-17(24-2)8-10-18/h5-12,15H,4,13-14H2,1-3H3,(H,22,23)/b12-6+. The van der Waals surface area contributed by atoms with Crippen molar-refractivity contribution in [2.75, 3.05) is 34.0 Å². The summed E-state index contributed by atoms with van der Waals surface area (Å²) in [6.07, 6.45) is 3.19. The van der Waals surface area contributed by atoms with Gasteiger partial charge in [0.2, 0.25) is 5.91 Å². The summed E-state index contributed by atoms with van der Waals surface area (Å²) >= 11 is 0. The molecule has 0 unspecified atom stereocenters. The molecule has 0 saturated carbocycles. The average Bonchev–Trinajstić information content (AvgIpc) is 2.71. The first-order valence-electron chi connectivity index (χ1n) is 8.70. The van der Waals surface area contributed by atoms with Crippen LogP contribution < -0.4 is 24.3 Å². The van der Waals surface area contributed by atoms with Gasteiger partial charge in [0.05, 0.1) is 27.4 Å². The van der Waals surface area contributed by atoms with Gasteiger partial charge in [-0.2, -0.15) is 0 Å². The number of nitrogens with one attached hydrogen (secondary N) is 1. The third kappa shape index (κ3) is 6.58. The lowest BCUT2D eigenvalue weighted by Gasteiger charge is -2.09. The van der Waals surface area contributed by atoms with Crippen LogP contribution in [-0.2, 0) is 4.79 Å². The van der Waals surface area contributed by atoms with E-state index < -0.39 is 0 Å². The first kappa shape index (κ1) is 20.2. The highest BCUT2D eigenvalue weighted by atomic mass is 16.5. The summed E-state index contributed by atoms with van der Waals surface area (Å²) in [5, 5.41) is 2.77. The monoisotopic (exact) mass is 371 g/mol. The number of amides is 1. The van der Waals surface area contributed by atoms with Crippen LogP contribution in [0.15, 0.2) is 48.5 Å². The van der Waals surface area contributed by atoms with Gasteiger partial charge < -0.3 is 24.3 Å². The van der Waals surface area contributed by atoms with Crippen molar-refractivity contribution in [3.63, 3.8) is 0 Å². The summed E-state index contributed by atoms with van der Waals surface area (Å²) in [6, 6.07) is 12.8. The van der Waals surface area contributed by atoms with Crippen molar-refractivity contribution in [3.05, 3.63) is 54.1 Å². The second-order valence-electron chi connectivity index (χ2n) is 5.49. The van der Waals surface area contributed by atoms with E-state index in [0.29, 0.717) is 31.3 Å². The zero-order valence-electron chi connectivity index (χ0n) is 15.9. The van der Waals surface area contributed by atoms with E-state index in [-0.39, 0.29) is 5.91 Å². The minimum absolute atomic E-state index is 0.193. The molecule has 144 valence electrons. The number of ether oxygens (including phenoxy) is 4. The van der Waals surface area contributed by atoms with Crippen LogP contribution in [0.1, 0.15) is 12.5 Å². The normalized spacial score (nSPS) is 10.5. The Balaban J connectivity index is 1.77. The fourth-order valence-corrected chi connectivity index (χ4v) is 2.31. The molecule has 0 aliphatic rings. The average molecular weight is 371 g/mol. The number of hydrogen-bond donors (Lipinski definition) is 1. The molecule has 0 spiro atoms. The van der Waals surface area contributed by atoms with Crippen molar-refractivity contribution in [1.29, 1.82) is 0 Å². The Morgan fingerprint density at radius 1 is 0.963 bits per heavy atom. The van der Waals surface area contributed by atoms with Gasteiger partial charge in [-0.15, -0.1) is 0 Å². The maximum Gasteiger partial charge on any atom is 0.244 e. The van der Waals surface area contributed by atoms with Gasteiger partial charge >= 0.3 is 0 Å². The van der Waals surface area contributed by atoms with E-state index in [2.05, 4.69) is 5.32 Å². The molecule has 0 saturated heterocycles. The van der Waals surface area contributed by atoms with E-state index in [4.69, 9.17) is 18.9 Å². The van der Waals surface area contributed by atoms with Crippen molar-refractivity contribution >= 4 is 12.0 Å². The highest BCUT2D eigenvalue weighted by Crippen LogP contribution is 2.28. The van der Waals surface area contributed by atoms with Gasteiger partial charge in [0.1, 0.15) is 18.1 Å². The first-order chi connectivity index (χ1) is 13.2. The predicted molar refractivity (Wildman–Crippen MR) is 105 cm³/mol. The Kier molecular flexibility index (Phi) is 8.03. The second kappa shape index (κ2) is 10.8. The van der Waals surface area contributed by atoms with Gasteiger partial charge in [0.15, 0.2) is 11.5 Å². The largest absolute Gasteiger partial charge is 0.497 e. The van der Waals surface area contributed by atoms with Crippen LogP contribution in [0, 0.1) is 0 Å². The predicted octanol–water partition coefficient (Wildman–Crippen LogP) is 3.31. The van der Waals surface area contributed by atoms with Crippen molar-refractivity contribution in [3.8, 4) is 23.0 Å². The zero-order chi connectivity index (χ0) is 19.5. The van der Waals surface area contributed by atoms with Gasteiger partial charge in [-0.05, 0) is 55.0 Å². The quantitative estimate of drug-likeness (QED) is 0.513. The van der Waals surface area contributed by atoms with E-state index in [1.54, 1.807) is 20.3 Å². The molecule has 0 radical (unpaired) electrons. The lowest BCUT2D eigenvalue weighted by Crippen LogP contribution is -2.26. The molecule has 0 aliphatic carbocycles. The molecular weight excluding hydrogens is 346 g/mol. The third-order valence-electron chi connectivity index (χ3n) is 3.64. The van der Waals surface area contributed by atoms with Crippen LogP contribution in [-0.4, -0.2) is 39.9 Å². The van der Waals surface area contributed by atoms with Crippen molar-refractivity contribution in [2.45, 2.75) is 6.92 Å². The number of carbonyl (C=O) groups excluding carboxylic acids is 1. The highest BCUT2D eigenvalue weighted by Gasteiger charge is 2.04. The smallest absolute Gasteiger partial charge is 0.244 e. The summed E-state index contributed by atoms with van der Waals surface area (Å²) in [4.78, 5) is 11.9. The van der Waals surface area contributed by atoms with E-state index in [0.717, 1.165) is 17.1 Å². The third-order valence-corrected chi connectivity index (χ3v) is 3.64. The molecule has 6 heteroatoms. The number of carbonyl (C=O) groups is 1. The summed E-state index contributed by atoms with van der Waals surface area (Å²) < 4.78 is 21.4. The summed E-state index contributed by atoms with van der Waals surface area (Å²) in [7, 11) is 3.20. The van der Waals surface area contributed by atoms with Gasteiger partial charge in [-0.3, -0.25) is 4.79 Å². The lowest BCUT2D eigenvalue weighted by molar-refractivity contribution is -0.116. The fraction of sp³-hybridized carbons (Fsp3) is 0.286. The Morgan fingerprint density at radius 3 is 2.37 bits per heavy atom.